The van der Waals surface area contributed by atoms with Gasteiger partial charge in [0.05, 0.1) is 5.70 Å². The van der Waals surface area contributed by atoms with Crippen molar-refractivity contribution in [3.63, 3.8) is 0 Å². The molecule has 6 heteroatoms. The number of hydrogen-bond acceptors (Lipinski definition) is 4. The Kier molecular flexibility index (Phi) is 2.67. The average molecular weight is 274 g/mol. The molecule has 0 spiro atoms. The summed E-state index contributed by atoms with van der Waals surface area (Å²) in [5, 5.41) is 0. The van der Waals surface area contributed by atoms with E-state index < -0.39 is 5.91 Å². The van der Waals surface area contributed by atoms with Gasteiger partial charge in [0.25, 0.3) is 12.1 Å². The molecule has 0 bridgehead atoms. The van der Waals surface area contributed by atoms with Crippen molar-refractivity contribution in [2.75, 3.05) is 0 Å². The van der Waals surface area contributed by atoms with Crippen LogP contribution in [0.2, 0.25) is 0 Å². The summed E-state index contributed by atoms with van der Waals surface area (Å²) in [6.07, 6.45) is -0.414. The number of carbonyl (C=O) groups is 2. The Balaban J connectivity index is 2.12. The fraction of sp³-hybridized carbons (Fsp3) is 0.286. The Bertz CT molecular complexity index is 626. The number of allylic oxidation sites excluding steroid dienone is 1. The molecule has 1 saturated heterocycles. The van der Waals surface area contributed by atoms with Crippen LogP contribution in [0.5, 0.6) is 0 Å². The molecule has 1 aromatic carbocycles. The second kappa shape index (κ2) is 4.16. The Morgan fingerprint density at radius 2 is 1.95 bits per heavy atom. The summed E-state index contributed by atoms with van der Waals surface area (Å²) < 4.78 is 5.29. The third kappa shape index (κ3) is 1.59. The first kappa shape index (κ1) is 12.8. The van der Waals surface area contributed by atoms with E-state index in [1.165, 1.54) is 0 Å². The smallest absolute Gasteiger partial charge is 0.365 e. The first-order valence-corrected chi connectivity index (χ1v) is 6.42. The summed E-state index contributed by atoms with van der Waals surface area (Å²) in [5.74, 6) is -1.08. The standard InChI is InChI=1S/C14H15N3O3/c1-8-11(12(15)18)13(19)17(16-8,14-9(2)20-14)10-6-4-3-5-7-10/h3-7,9,14H,1-2H3,(H2-,15,16,18,19)/p+1. The summed E-state index contributed by atoms with van der Waals surface area (Å²) in [6.45, 7) is 3.56. The quantitative estimate of drug-likeness (QED) is 0.479. The van der Waals surface area contributed by atoms with Crippen molar-refractivity contribution < 1.29 is 14.3 Å². The molecule has 1 fully saturated rings. The van der Waals surface area contributed by atoms with Gasteiger partial charge in [-0.3, -0.25) is 4.79 Å². The number of nitrogens with two attached hydrogens (primary N) is 1. The van der Waals surface area contributed by atoms with E-state index in [-0.39, 0.29) is 28.4 Å². The van der Waals surface area contributed by atoms with Crippen LogP contribution in [-0.4, -0.2) is 24.1 Å². The molecule has 3 atom stereocenters. The molecule has 2 amide bonds. The lowest BCUT2D eigenvalue weighted by Gasteiger charge is -2.29. The zero-order valence-electron chi connectivity index (χ0n) is 11.3. The van der Waals surface area contributed by atoms with Crippen LogP contribution < -0.4 is 15.8 Å². The number of carbonyl (C=O) groups excluding carboxylic acids is 2. The number of ether oxygens (including phenoxy) is 1. The molecule has 6 nitrogen and oxygen atoms in total. The summed E-state index contributed by atoms with van der Waals surface area (Å²) in [7, 11) is 0. The minimum atomic E-state index is -0.718. The van der Waals surface area contributed by atoms with Gasteiger partial charge in [0.2, 0.25) is 0 Å². The lowest BCUT2D eigenvalue weighted by molar-refractivity contribution is -0.131. The first-order chi connectivity index (χ1) is 9.48. The molecule has 0 radical (unpaired) electrons. The fourth-order valence-corrected chi connectivity index (χ4v) is 2.75. The van der Waals surface area contributed by atoms with E-state index in [0.29, 0.717) is 5.70 Å². The van der Waals surface area contributed by atoms with Crippen LogP contribution in [0, 0.1) is 0 Å². The van der Waals surface area contributed by atoms with Gasteiger partial charge in [-0.25, -0.2) is 10.2 Å². The fourth-order valence-electron chi connectivity index (χ4n) is 2.75. The molecular weight excluding hydrogens is 258 g/mol. The van der Waals surface area contributed by atoms with Gasteiger partial charge in [-0.1, -0.05) is 22.8 Å². The number of amides is 2. The largest absolute Gasteiger partial charge is 0.385 e. The van der Waals surface area contributed by atoms with Crippen LogP contribution in [0.25, 0.3) is 0 Å². The SMILES string of the molecule is CC1=C(C(N)=O)C(=O)[N+](c2ccccc2)(C2OC2C)N1. The number of nitrogens with one attached hydrogen (secondary N) is 1. The van der Waals surface area contributed by atoms with Gasteiger partial charge in [-0.2, -0.15) is 0 Å². The van der Waals surface area contributed by atoms with E-state index in [2.05, 4.69) is 5.43 Å². The number of nitrogens with zero attached hydrogens (tertiary/aromatic N) is 1. The van der Waals surface area contributed by atoms with Crippen molar-refractivity contribution in [2.45, 2.75) is 26.2 Å². The molecule has 3 unspecified atom stereocenters. The molecule has 2 aliphatic heterocycles. The van der Waals surface area contributed by atoms with Crippen molar-refractivity contribution in [2.24, 2.45) is 5.73 Å². The van der Waals surface area contributed by atoms with Crippen molar-refractivity contribution in [1.29, 1.82) is 0 Å². The number of quaternary nitrogens is 1. The van der Waals surface area contributed by atoms with E-state index >= 15 is 0 Å². The number of hydrogen-bond donors (Lipinski definition) is 2. The predicted molar refractivity (Wildman–Crippen MR) is 72.6 cm³/mol. The molecule has 0 aliphatic carbocycles. The van der Waals surface area contributed by atoms with Crippen LogP contribution in [0.4, 0.5) is 5.69 Å². The highest BCUT2D eigenvalue weighted by atomic mass is 16.6. The molecule has 20 heavy (non-hydrogen) atoms. The molecule has 2 heterocycles. The van der Waals surface area contributed by atoms with Crippen molar-refractivity contribution in [1.82, 2.24) is 10.0 Å². The minimum absolute atomic E-state index is 0.0107. The van der Waals surface area contributed by atoms with Crippen molar-refractivity contribution in [3.05, 3.63) is 41.6 Å². The highest BCUT2D eigenvalue weighted by molar-refractivity contribution is 6.23. The number of para-hydroxylation sites is 1. The Morgan fingerprint density at radius 3 is 2.40 bits per heavy atom. The third-order valence-electron chi connectivity index (χ3n) is 3.72. The Hall–Kier alpha value is -2.18. The second-order valence-electron chi connectivity index (χ2n) is 5.07. The first-order valence-electron chi connectivity index (χ1n) is 6.42. The number of rotatable bonds is 3. The highest BCUT2D eigenvalue weighted by Gasteiger charge is 2.64. The molecule has 0 saturated carbocycles. The zero-order valence-corrected chi connectivity index (χ0v) is 11.3. The number of epoxide rings is 1. The Morgan fingerprint density at radius 1 is 1.35 bits per heavy atom. The molecule has 3 N–H and O–H groups in total. The van der Waals surface area contributed by atoms with Crippen molar-refractivity contribution >= 4 is 17.5 Å². The van der Waals surface area contributed by atoms with Crippen molar-refractivity contribution in [3.8, 4) is 0 Å². The van der Waals surface area contributed by atoms with Gasteiger partial charge in [0.1, 0.15) is 6.10 Å². The summed E-state index contributed by atoms with van der Waals surface area (Å²) in [4.78, 5) is 24.3. The molecule has 1 aromatic rings. The molecule has 104 valence electrons. The molecule has 3 rings (SSSR count). The highest BCUT2D eigenvalue weighted by Crippen LogP contribution is 2.40. The molecule has 0 aromatic heterocycles. The summed E-state index contributed by atoms with van der Waals surface area (Å²) in [5.41, 5.74) is 9.64. The van der Waals surface area contributed by atoms with E-state index in [1.54, 1.807) is 6.92 Å². The lowest BCUT2D eigenvalue weighted by Crippen LogP contribution is -2.62. The van der Waals surface area contributed by atoms with Gasteiger partial charge in [-0.15, -0.1) is 0 Å². The van der Waals surface area contributed by atoms with Crippen LogP contribution >= 0.6 is 0 Å². The lowest BCUT2D eigenvalue weighted by atomic mass is 10.1. The van der Waals surface area contributed by atoms with Crippen LogP contribution in [-0.2, 0) is 14.3 Å². The second-order valence-corrected chi connectivity index (χ2v) is 5.07. The maximum absolute atomic E-state index is 12.8. The number of benzene rings is 1. The average Bonchev–Trinajstić information content (AvgIpc) is 3.07. The predicted octanol–water partition coefficient (Wildman–Crippen LogP) is 0.543. The van der Waals surface area contributed by atoms with E-state index in [1.807, 2.05) is 37.3 Å². The van der Waals surface area contributed by atoms with Gasteiger partial charge < -0.3 is 10.5 Å². The minimum Gasteiger partial charge on any atom is -0.365 e. The van der Waals surface area contributed by atoms with E-state index in [0.717, 1.165) is 5.69 Å². The summed E-state index contributed by atoms with van der Waals surface area (Å²) >= 11 is 0. The van der Waals surface area contributed by atoms with Gasteiger partial charge >= 0.3 is 5.91 Å². The van der Waals surface area contributed by atoms with Crippen LogP contribution in [0.3, 0.4) is 0 Å². The topological polar surface area (TPSA) is 84.7 Å². The zero-order chi connectivity index (χ0) is 14.5. The normalized spacial score (nSPS) is 32.2. The number of primary amides is 1. The third-order valence-corrected chi connectivity index (χ3v) is 3.72. The summed E-state index contributed by atoms with van der Waals surface area (Å²) in [6, 6.07) is 9.21. The van der Waals surface area contributed by atoms with E-state index in [9.17, 15) is 9.59 Å². The van der Waals surface area contributed by atoms with E-state index in [4.69, 9.17) is 10.5 Å². The van der Waals surface area contributed by atoms with Crippen LogP contribution in [0.1, 0.15) is 13.8 Å². The maximum atomic E-state index is 12.8. The monoisotopic (exact) mass is 274 g/mol. The van der Waals surface area contributed by atoms with Gasteiger partial charge in [0.15, 0.2) is 11.3 Å². The Labute approximate surface area is 116 Å². The molecular formula is C14H16N3O3+. The molecule has 2 aliphatic rings. The van der Waals surface area contributed by atoms with Crippen LogP contribution in [0.15, 0.2) is 41.6 Å². The maximum Gasteiger partial charge on any atom is 0.385 e. The van der Waals surface area contributed by atoms with Gasteiger partial charge in [-0.05, 0) is 13.8 Å². The van der Waals surface area contributed by atoms with Gasteiger partial charge in [0, 0.05) is 12.1 Å².